The molecule has 1 aliphatic heterocycles. The molecule has 1 aliphatic rings. The number of para-hydroxylation sites is 1. The standard InChI is InChI=1S/C23H20FN3O4S/c1-16-5-4-6-19(13-16)27-23(29)26(20-7-2-3-8-21(20)32(27,30)31)15-22(28)25-14-17-9-11-18(24)12-10-17/h2-13H,14-15H2,1H3,(H,25,28). The summed E-state index contributed by atoms with van der Waals surface area (Å²) in [7, 11) is -4.16. The number of nitrogens with one attached hydrogen (secondary N) is 1. The molecule has 0 spiro atoms. The molecule has 9 heteroatoms. The van der Waals surface area contributed by atoms with Gasteiger partial charge in [0, 0.05) is 6.54 Å². The molecule has 0 aliphatic carbocycles. The van der Waals surface area contributed by atoms with Gasteiger partial charge < -0.3 is 5.32 Å². The highest BCUT2D eigenvalue weighted by Crippen LogP contribution is 2.37. The maximum Gasteiger partial charge on any atom is 0.343 e. The summed E-state index contributed by atoms with van der Waals surface area (Å²) in [6, 6.07) is 17.5. The lowest BCUT2D eigenvalue weighted by Gasteiger charge is -2.35. The molecule has 4 rings (SSSR count). The molecule has 0 radical (unpaired) electrons. The number of fused-ring (bicyclic) bond motifs is 1. The zero-order valence-electron chi connectivity index (χ0n) is 17.2. The van der Waals surface area contributed by atoms with Gasteiger partial charge in [-0.05, 0) is 54.4 Å². The fourth-order valence-electron chi connectivity index (χ4n) is 3.47. The van der Waals surface area contributed by atoms with Crippen molar-refractivity contribution in [2.45, 2.75) is 18.4 Å². The third kappa shape index (κ3) is 4.06. The van der Waals surface area contributed by atoms with Crippen molar-refractivity contribution in [3.05, 3.63) is 89.7 Å². The summed E-state index contributed by atoms with van der Waals surface area (Å²) >= 11 is 0. The molecular weight excluding hydrogens is 433 g/mol. The van der Waals surface area contributed by atoms with Crippen LogP contribution in [0.2, 0.25) is 0 Å². The largest absolute Gasteiger partial charge is 0.350 e. The normalized spacial score (nSPS) is 14.8. The molecule has 32 heavy (non-hydrogen) atoms. The van der Waals surface area contributed by atoms with Gasteiger partial charge in [0.1, 0.15) is 17.3 Å². The number of halogens is 1. The summed E-state index contributed by atoms with van der Waals surface area (Å²) in [4.78, 5) is 27.0. The van der Waals surface area contributed by atoms with Gasteiger partial charge in [-0.15, -0.1) is 0 Å². The molecule has 164 valence electrons. The van der Waals surface area contributed by atoms with E-state index in [0.717, 1.165) is 14.8 Å². The van der Waals surface area contributed by atoms with E-state index in [4.69, 9.17) is 0 Å². The SMILES string of the molecule is Cc1cccc(N2C(=O)N(CC(=O)NCc3ccc(F)cc3)c3ccccc3S2(=O)=O)c1. The molecule has 3 aromatic carbocycles. The maximum absolute atomic E-state index is 13.3. The Morgan fingerprint density at radius 1 is 1.00 bits per heavy atom. The van der Waals surface area contributed by atoms with E-state index in [1.807, 2.05) is 0 Å². The molecule has 0 saturated heterocycles. The first kappa shape index (κ1) is 21.5. The van der Waals surface area contributed by atoms with E-state index in [2.05, 4.69) is 5.32 Å². The van der Waals surface area contributed by atoms with Crippen molar-refractivity contribution in [2.75, 3.05) is 15.7 Å². The summed E-state index contributed by atoms with van der Waals surface area (Å²) < 4.78 is 40.3. The number of hydrogen-bond donors (Lipinski definition) is 1. The number of aryl methyl sites for hydroxylation is 1. The smallest absolute Gasteiger partial charge is 0.343 e. The van der Waals surface area contributed by atoms with Gasteiger partial charge in [-0.1, -0.05) is 36.4 Å². The number of carbonyl (C=O) groups is 2. The quantitative estimate of drug-likeness (QED) is 0.640. The Kier molecular flexibility index (Phi) is 5.67. The van der Waals surface area contributed by atoms with Gasteiger partial charge in [0.05, 0.1) is 11.4 Å². The topological polar surface area (TPSA) is 86.8 Å². The number of anilines is 2. The average Bonchev–Trinajstić information content (AvgIpc) is 2.76. The Morgan fingerprint density at radius 3 is 2.44 bits per heavy atom. The van der Waals surface area contributed by atoms with Crippen LogP contribution in [0.25, 0.3) is 0 Å². The van der Waals surface area contributed by atoms with E-state index in [9.17, 15) is 22.4 Å². The van der Waals surface area contributed by atoms with Crippen molar-refractivity contribution in [3.8, 4) is 0 Å². The van der Waals surface area contributed by atoms with Crippen molar-refractivity contribution >= 4 is 33.3 Å². The van der Waals surface area contributed by atoms with Crippen molar-refractivity contribution in [2.24, 2.45) is 0 Å². The monoisotopic (exact) mass is 453 g/mol. The first-order valence-corrected chi connectivity index (χ1v) is 11.2. The van der Waals surface area contributed by atoms with E-state index in [0.29, 0.717) is 5.56 Å². The van der Waals surface area contributed by atoms with Crippen LogP contribution in [-0.4, -0.2) is 26.9 Å². The lowest BCUT2D eigenvalue weighted by Crippen LogP contribution is -2.53. The summed E-state index contributed by atoms with van der Waals surface area (Å²) in [5.74, 6) is -0.867. The van der Waals surface area contributed by atoms with Crippen LogP contribution in [0.4, 0.5) is 20.6 Å². The van der Waals surface area contributed by atoms with E-state index < -0.39 is 22.0 Å². The lowest BCUT2D eigenvalue weighted by molar-refractivity contribution is -0.119. The molecule has 0 bridgehead atoms. The minimum atomic E-state index is -4.16. The van der Waals surface area contributed by atoms with Gasteiger partial charge in [-0.3, -0.25) is 9.69 Å². The number of nitrogens with zero attached hydrogens (tertiary/aromatic N) is 2. The average molecular weight is 453 g/mol. The minimum Gasteiger partial charge on any atom is -0.350 e. The zero-order valence-corrected chi connectivity index (χ0v) is 18.0. The lowest BCUT2D eigenvalue weighted by atomic mass is 10.2. The van der Waals surface area contributed by atoms with Gasteiger partial charge in [-0.25, -0.2) is 17.6 Å². The van der Waals surface area contributed by atoms with Crippen LogP contribution in [0.3, 0.4) is 0 Å². The van der Waals surface area contributed by atoms with Gasteiger partial charge in [0.15, 0.2) is 0 Å². The molecule has 0 atom stereocenters. The van der Waals surface area contributed by atoms with Gasteiger partial charge in [0.2, 0.25) is 5.91 Å². The Balaban J connectivity index is 1.64. The highest BCUT2D eigenvalue weighted by atomic mass is 32.2. The molecule has 3 amide bonds. The third-order valence-electron chi connectivity index (χ3n) is 5.02. The van der Waals surface area contributed by atoms with Crippen LogP contribution >= 0.6 is 0 Å². The van der Waals surface area contributed by atoms with E-state index in [1.165, 1.54) is 30.3 Å². The van der Waals surface area contributed by atoms with Crippen LogP contribution < -0.4 is 14.5 Å². The summed E-state index contributed by atoms with van der Waals surface area (Å²) in [5.41, 5.74) is 1.81. The van der Waals surface area contributed by atoms with Gasteiger partial charge in [-0.2, -0.15) is 4.31 Å². The molecule has 0 fully saturated rings. The van der Waals surface area contributed by atoms with E-state index in [1.54, 1.807) is 49.4 Å². The Hall–Kier alpha value is -3.72. The number of carbonyl (C=O) groups excluding carboxylic acids is 2. The molecule has 0 unspecified atom stereocenters. The number of urea groups is 1. The van der Waals surface area contributed by atoms with Crippen LogP contribution in [0.1, 0.15) is 11.1 Å². The van der Waals surface area contributed by atoms with Crippen molar-refractivity contribution in [1.82, 2.24) is 5.32 Å². The van der Waals surface area contributed by atoms with E-state index in [-0.39, 0.29) is 35.2 Å². The second kappa shape index (κ2) is 8.43. The zero-order chi connectivity index (χ0) is 22.9. The molecule has 0 saturated carbocycles. The number of amides is 3. The predicted octanol–water partition coefficient (Wildman–Crippen LogP) is 3.59. The molecular formula is C23H20FN3O4S. The first-order chi connectivity index (χ1) is 15.3. The minimum absolute atomic E-state index is 0.0626. The number of rotatable bonds is 5. The number of sulfonamides is 1. The highest BCUT2D eigenvalue weighted by molar-refractivity contribution is 7.94. The third-order valence-corrected chi connectivity index (χ3v) is 6.77. The highest BCUT2D eigenvalue weighted by Gasteiger charge is 2.43. The fourth-order valence-corrected chi connectivity index (χ4v) is 5.06. The van der Waals surface area contributed by atoms with Gasteiger partial charge in [0.25, 0.3) is 10.0 Å². The molecule has 3 aromatic rings. The summed E-state index contributed by atoms with van der Waals surface area (Å²) in [6.45, 7) is 1.55. The Labute approximate surface area is 185 Å². The van der Waals surface area contributed by atoms with Crippen LogP contribution in [-0.2, 0) is 21.4 Å². The molecule has 1 N–H and O–H groups in total. The summed E-state index contributed by atoms with van der Waals surface area (Å²) in [6.07, 6.45) is 0. The van der Waals surface area contributed by atoms with Crippen LogP contribution in [0, 0.1) is 12.7 Å². The first-order valence-electron chi connectivity index (χ1n) is 9.81. The molecule has 1 heterocycles. The predicted molar refractivity (Wildman–Crippen MR) is 118 cm³/mol. The van der Waals surface area contributed by atoms with Crippen LogP contribution in [0.15, 0.2) is 77.7 Å². The van der Waals surface area contributed by atoms with Crippen LogP contribution in [0.5, 0.6) is 0 Å². The maximum atomic E-state index is 13.3. The number of hydrogen-bond acceptors (Lipinski definition) is 4. The Bertz CT molecular complexity index is 1290. The molecule has 0 aromatic heterocycles. The second-order valence-corrected chi connectivity index (χ2v) is 9.10. The van der Waals surface area contributed by atoms with Gasteiger partial charge >= 0.3 is 6.03 Å². The van der Waals surface area contributed by atoms with Crippen molar-refractivity contribution in [3.63, 3.8) is 0 Å². The number of benzene rings is 3. The summed E-state index contributed by atoms with van der Waals surface area (Å²) in [5, 5.41) is 2.68. The molecule has 7 nitrogen and oxygen atoms in total. The van der Waals surface area contributed by atoms with Crippen molar-refractivity contribution < 1.29 is 22.4 Å². The Morgan fingerprint density at radius 2 is 1.72 bits per heavy atom. The fraction of sp³-hybridized carbons (Fsp3) is 0.130. The van der Waals surface area contributed by atoms with E-state index >= 15 is 0 Å². The van der Waals surface area contributed by atoms with Crippen molar-refractivity contribution in [1.29, 1.82) is 0 Å². The second-order valence-electron chi connectivity index (χ2n) is 7.35.